The highest BCUT2D eigenvalue weighted by Gasteiger charge is 2.35. The molecular weight excluding hydrogens is 328 g/mol. The molecule has 2 aromatic rings. The summed E-state index contributed by atoms with van der Waals surface area (Å²) in [5.41, 5.74) is 0.395. The molecule has 4 N–H and O–H groups in total. The minimum absolute atomic E-state index is 0.197. The number of para-hydroxylation sites is 2. The Morgan fingerprint density at radius 3 is 1.32 bits per heavy atom. The van der Waals surface area contributed by atoms with Crippen molar-refractivity contribution in [3.63, 3.8) is 0 Å². The average molecular weight is 346 g/mol. The van der Waals surface area contributed by atoms with Gasteiger partial charge in [0.25, 0.3) is 0 Å². The summed E-state index contributed by atoms with van der Waals surface area (Å²) in [7, 11) is 0. The Bertz CT molecular complexity index is 648. The summed E-state index contributed by atoms with van der Waals surface area (Å²) in [5.74, 6) is -2.84. The molecule has 0 aliphatic rings. The van der Waals surface area contributed by atoms with Crippen molar-refractivity contribution >= 4 is 23.3 Å². The van der Waals surface area contributed by atoms with Crippen LogP contribution in [0.15, 0.2) is 60.7 Å². The molecular formula is C17H18N2O6. The molecule has 8 nitrogen and oxygen atoms in total. The van der Waals surface area contributed by atoms with Gasteiger partial charge in [-0.1, -0.05) is 36.4 Å². The lowest BCUT2D eigenvalue weighted by atomic mass is 10.1. The van der Waals surface area contributed by atoms with Gasteiger partial charge in [-0.3, -0.25) is 10.4 Å². The van der Waals surface area contributed by atoms with Crippen molar-refractivity contribution in [2.24, 2.45) is 0 Å². The van der Waals surface area contributed by atoms with E-state index in [0.717, 1.165) is 0 Å². The van der Waals surface area contributed by atoms with E-state index in [2.05, 4.69) is 0 Å². The number of hydrogen-bond donors (Lipinski definition) is 4. The van der Waals surface area contributed by atoms with Crippen molar-refractivity contribution in [3.8, 4) is 0 Å². The number of nitrogens with zero attached hydrogens (tertiary/aromatic N) is 2. The molecule has 0 saturated carbocycles. The standard InChI is InChI=1S/C17H18N2O6/c20-16(21)14(18(24)12-7-3-1-4-8-12)11-15(17(22)23)19(25)13-9-5-2-6-10-13/h1-10,14-15,24-25H,11H2,(H,20,21)(H,22,23)/t14-,15-/m0/s1. The van der Waals surface area contributed by atoms with E-state index >= 15 is 0 Å². The van der Waals surface area contributed by atoms with E-state index in [1.54, 1.807) is 36.4 Å². The first kappa shape index (κ1) is 18.2. The second-order valence-corrected chi connectivity index (χ2v) is 5.30. The molecule has 0 saturated heterocycles. The zero-order valence-electron chi connectivity index (χ0n) is 13.1. The maximum Gasteiger partial charge on any atom is 0.329 e. The Balaban J connectivity index is 2.25. The summed E-state index contributed by atoms with van der Waals surface area (Å²) < 4.78 is 0. The summed E-state index contributed by atoms with van der Waals surface area (Å²) in [6, 6.07) is 12.6. The monoisotopic (exact) mass is 346 g/mol. The number of rotatable bonds is 8. The van der Waals surface area contributed by atoms with E-state index in [9.17, 15) is 30.2 Å². The third-order valence-corrected chi connectivity index (χ3v) is 3.65. The third kappa shape index (κ3) is 4.46. The molecule has 0 radical (unpaired) electrons. The van der Waals surface area contributed by atoms with Crippen molar-refractivity contribution in [3.05, 3.63) is 60.7 Å². The van der Waals surface area contributed by atoms with Gasteiger partial charge in [-0.25, -0.2) is 19.7 Å². The molecule has 2 atom stereocenters. The number of carboxylic acids is 2. The summed E-state index contributed by atoms with van der Waals surface area (Å²) in [5, 5.41) is 40.1. The van der Waals surface area contributed by atoms with Gasteiger partial charge in [0.2, 0.25) is 0 Å². The highest BCUT2D eigenvalue weighted by molar-refractivity contribution is 5.82. The molecule has 25 heavy (non-hydrogen) atoms. The summed E-state index contributed by atoms with van der Waals surface area (Å²) >= 11 is 0. The van der Waals surface area contributed by atoms with Crippen LogP contribution >= 0.6 is 0 Å². The number of benzene rings is 2. The lowest BCUT2D eigenvalue weighted by Gasteiger charge is -2.30. The van der Waals surface area contributed by atoms with Gasteiger partial charge in [0.15, 0.2) is 12.1 Å². The van der Waals surface area contributed by atoms with Crippen molar-refractivity contribution in [2.45, 2.75) is 18.5 Å². The molecule has 0 unspecified atom stereocenters. The number of anilines is 2. The molecule has 0 aliphatic heterocycles. The molecule has 0 fully saturated rings. The fraction of sp³-hybridized carbons (Fsp3) is 0.176. The quantitative estimate of drug-likeness (QED) is 0.536. The molecule has 132 valence electrons. The van der Waals surface area contributed by atoms with Gasteiger partial charge in [0.05, 0.1) is 11.4 Å². The fourth-order valence-electron chi connectivity index (χ4n) is 2.34. The van der Waals surface area contributed by atoms with Crippen molar-refractivity contribution in [1.29, 1.82) is 0 Å². The minimum atomic E-state index is -1.57. The molecule has 2 rings (SSSR count). The fourth-order valence-corrected chi connectivity index (χ4v) is 2.34. The SMILES string of the molecule is O=C(O)[C@H](C[C@@H](C(=O)O)N(O)c1ccccc1)N(O)c1ccccc1. The van der Waals surface area contributed by atoms with E-state index in [1.807, 2.05) is 0 Å². The van der Waals surface area contributed by atoms with E-state index in [1.165, 1.54) is 24.3 Å². The maximum absolute atomic E-state index is 11.5. The average Bonchev–Trinajstić information content (AvgIpc) is 2.62. The highest BCUT2D eigenvalue weighted by atomic mass is 16.5. The lowest BCUT2D eigenvalue weighted by Crippen LogP contribution is -2.48. The van der Waals surface area contributed by atoms with Gasteiger partial charge in [-0.05, 0) is 24.3 Å². The van der Waals surface area contributed by atoms with Gasteiger partial charge < -0.3 is 10.2 Å². The first-order valence-electron chi connectivity index (χ1n) is 7.43. The van der Waals surface area contributed by atoms with Crippen LogP contribution < -0.4 is 10.1 Å². The Hall–Kier alpha value is -3.10. The van der Waals surface area contributed by atoms with Crippen LogP contribution in [0, 0.1) is 0 Å². The molecule has 0 aromatic heterocycles. The van der Waals surface area contributed by atoms with E-state index in [4.69, 9.17) is 0 Å². The van der Waals surface area contributed by atoms with Gasteiger partial charge in [0.1, 0.15) is 0 Å². The Morgan fingerprint density at radius 2 is 1.04 bits per heavy atom. The van der Waals surface area contributed by atoms with Gasteiger partial charge in [0, 0.05) is 6.42 Å². The van der Waals surface area contributed by atoms with Crippen LogP contribution in [-0.2, 0) is 9.59 Å². The second kappa shape index (κ2) is 8.13. The van der Waals surface area contributed by atoms with Gasteiger partial charge in [-0.2, -0.15) is 0 Å². The van der Waals surface area contributed by atoms with Gasteiger partial charge in [-0.15, -0.1) is 0 Å². The lowest BCUT2D eigenvalue weighted by molar-refractivity contribution is -0.143. The van der Waals surface area contributed by atoms with E-state index < -0.39 is 30.4 Å². The molecule has 0 aliphatic carbocycles. The van der Waals surface area contributed by atoms with Crippen LogP contribution in [-0.4, -0.2) is 44.6 Å². The molecule has 8 heteroatoms. The smallest absolute Gasteiger partial charge is 0.329 e. The molecule has 0 spiro atoms. The topological polar surface area (TPSA) is 122 Å². The van der Waals surface area contributed by atoms with Gasteiger partial charge >= 0.3 is 11.9 Å². The summed E-state index contributed by atoms with van der Waals surface area (Å²) in [6.07, 6.45) is -0.554. The van der Waals surface area contributed by atoms with E-state index in [-0.39, 0.29) is 11.4 Å². The van der Waals surface area contributed by atoms with E-state index in [0.29, 0.717) is 10.1 Å². The number of carbonyl (C=O) groups is 2. The van der Waals surface area contributed by atoms with Crippen LogP contribution in [0.25, 0.3) is 0 Å². The highest BCUT2D eigenvalue weighted by Crippen LogP contribution is 2.22. The first-order valence-corrected chi connectivity index (χ1v) is 7.43. The molecule has 2 aromatic carbocycles. The van der Waals surface area contributed by atoms with Crippen molar-refractivity contribution in [1.82, 2.24) is 0 Å². The Kier molecular flexibility index (Phi) is 5.93. The van der Waals surface area contributed by atoms with Crippen LogP contribution in [0.2, 0.25) is 0 Å². The zero-order valence-corrected chi connectivity index (χ0v) is 13.1. The van der Waals surface area contributed by atoms with Crippen LogP contribution in [0.3, 0.4) is 0 Å². The number of carboxylic acid groups (broad SMARTS) is 2. The van der Waals surface area contributed by atoms with Crippen molar-refractivity contribution < 1.29 is 30.2 Å². The van der Waals surface area contributed by atoms with Crippen LogP contribution in [0.1, 0.15) is 6.42 Å². The predicted molar refractivity (Wildman–Crippen MR) is 88.9 cm³/mol. The zero-order chi connectivity index (χ0) is 18.4. The first-order chi connectivity index (χ1) is 11.9. The number of hydroxylamine groups is 2. The Morgan fingerprint density at radius 1 is 0.720 bits per heavy atom. The largest absolute Gasteiger partial charge is 0.480 e. The maximum atomic E-state index is 11.5. The second-order valence-electron chi connectivity index (χ2n) is 5.30. The molecule has 0 amide bonds. The third-order valence-electron chi connectivity index (χ3n) is 3.65. The van der Waals surface area contributed by atoms with Crippen LogP contribution in [0.4, 0.5) is 11.4 Å². The molecule has 0 bridgehead atoms. The molecule has 0 heterocycles. The summed E-state index contributed by atoms with van der Waals surface area (Å²) in [6.45, 7) is 0. The van der Waals surface area contributed by atoms with Crippen LogP contribution in [0.5, 0.6) is 0 Å². The number of aliphatic carboxylic acids is 2. The predicted octanol–water partition coefficient (Wildman–Crippen LogP) is 2.07. The normalized spacial score (nSPS) is 12.9. The minimum Gasteiger partial charge on any atom is -0.480 e. The summed E-state index contributed by atoms with van der Waals surface area (Å²) in [4.78, 5) is 23.1. The number of hydrogen-bond acceptors (Lipinski definition) is 6. The Labute approximate surface area is 143 Å². The van der Waals surface area contributed by atoms with Crippen molar-refractivity contribution in [2.75, 3.05) is 10.1 Å².